The number of hydrogen-bond acceptors (Lipinski definition) is 4. The minimum absolute atomic E-state index is 0.0921. The summed E-state index contributed by atoms with van der Waals surface area (Å²) in [5.74, 6) is 1.32. The van der Waals surface area contributed by atoms with Crippen LogP contribution in [0.5, 0.6) is 11.5 Å². The fourth-order valence-electron chi connectivity index (χ4n) is 4.50. The van der Waals surface area contributed by atoms with Crippen LogP contribution in [0.2, 0.25) is 0 Å². The molecule has 0 spiro atoms. The van der Waals surface area contributed by atoms with E-state index in [9.17, 15) is 9.59 Å². The van der Waals surface area contributed by atoms with E-state index in [0.717, 1.165) is 12.8 Å². The zero-order valence-corrected chi connectivity index (χ0v) is 15.0. The lowest BCUT2D eigenvalue weighted by atomic mass is 9.64. The lowest BCUT2D eigenvalue weighted by Crippen LogP contribution is -2.43. The van der Waals surface area contributed by atoms with Crippen LogP contribution in [0.25, 0.3) is 0 Å². The van der Waals surface area contributed by atoms with Crippen molar-refractivity contribution in [3.8, 4) is 11.5 Å². The summed E-state index contributed by atoms with van der Waals surface area (Å²) in [4.78, 5) is 25.7. The molecule has 0 aliphatic heterocycles. The first-order valence-electron chi connectivity index (χ1n) is 8.29. The van der Waals surface area contributed by atoms with Crippen LogP contribution in [0.3, 0.4) is 0 Å². The van der Waals surface area contributed by atoms with Gasteiger partial charge < -0.3 is 14.8 Å². The summed E-state index contributed by atoms with van der Waals surface area (Å²) in [6.07, 6.45) is 1.83. The zero-order chi connectivity index (χ0) is 17.8. The number of ether oxygens (including phenoxy) is 2. The van der Waals surface area contributed by atoms with Crippen molar-refractivity contribution in [1.29, 1.82) is 0 Å². The number of Topliss-reactive ketones (excluding diaryl/α,β-unsaturated/α-hetero) is 1. The van der Waals surface area contributed by atoms with Crippen molar-refractivity contribution in [1.82, 2.24) is 0 Å². The second kappa shape index (κ2) is 5.23. The molecule has 0 radical (unpaired) electrons. The highest BCUT2D eigenvalue weighted by molar-refractivity contribution is 6.05. The van der Waals surface area contributed by atoms with Crippen LogP contribution in [-0.4, -0.2) is 25.9 Å². The van der Waals surface area contributed by atoms with Crippen LogP contribution in [0, 0.1) is 16.2 Å². The predicted molar refractivity (Wildman–Crippen MR) is 91.4 cm³/mol. The van der Waals surface area contributed by atoms with Gasteiger partial charge >= 0.3 is 0 Å². The van der Waals surface area contributed by atoms with E-state index in [0.29, 0.717) is 23.6 Å². The molecule has 2 unspecified atom stereocenters. The summed E-state index contributed by atoms with van der Waals surface area (Å²) in [5, 5.41) is 2.99. The first kappa shape index (κ1) is 16.8. The Hall–Kier alpha value is -2.04. The summed E-state index contributed by atoms with van der Waals surface area (Å²) in [6, 6.07) is 5.28. The van der Waals surface area contributed by atoms with E-state index in [1.807, 2.05) is 6.92 Å². The third-order valence-corrected chi connectivity index (χ3v) is 6.80. The average molecular weight is 331 g/mol. The van der Waals surface area contributed by atoms with Crippen molar-refractivity contribution >= 4 is 17.4 Å². The van der Waals surface area contributed by atoms with Crippen molar-refractivity contribution in [3.63, 3.8) is 0 Å². The molecule has 0 saturated heterocycles. The van der Waals surface area contributed by atoms with Crippen molar-refractivity contribution in [3.05, 3.63) is 18.2 Å². The molecule has 2 bridgehead atoms. The van der Waals surface area contributed by atoms with Gasteiger partial charge in [0.15, 0.2) is 0 Å². The normalized spacial score (nSPS) is 30.3. The highest BCUT2D eigenvalue weighted by Crippen LogP contribution is 2.70. The summed E-state index contributed by atoms with van der Waals surface area (Å²) < 4.78 is 10.5. The number of carbonyl (C=O) groups excluding carboxylic acids is 2. The van der Waals surface area contributed by atoms with Crippen LogP contribution < -0.4 is 14.8 Å². The number of benzene rings is 1. The molecular formula is C19H25NO4. The molecule has 5 heteroatoms. The second-order valence-electron chi connectivity index (χ2n) is 7.66. The first-order valence-corrected chi connectivity index (χ1v) is 8.29. The van der Waals surface area contributed by atoms with Crippen LogP contribution in [-0.2, 0) is 9.59 Å². The molecule has 2 saturated carbocycles. The average Bonchev–Trinajstić information content (AvgIpc) is 2.85. The highest BCUT2D eigenvalue weighted by atomic mass is 16.5. The molecule has 24 heavy (non-hydrogen) atoms. The minimum atomic E-state index is -0.649. The molecule has 1 aromatic rings. The number of fused-ring (bicyclic) bond motifs is 2. The van der Waals surface area contributed by atoms with Gasteiger partial charge in [0.2, 0.25) is 5.91 Å². The fraction of sp³-hybridized carbons (Fsp3) is 0.579. The van der Waals surface area contributed by atoms with Crippen molar-refractivity contribution in [2.75, 3.05) is 19.5 Å². The van der Waals surface area contributed by atoms with Gasteiger partial charge in [0.1, 0.15) is 17.3 Å². The number of methoxy groups -OCH3 is 2. The summed E-state index contributed by atoms with van der Waals surface area (Å²) in [6.45, 7) is 6.11. The van der Waals surface area contributed by atoms with Gasteiger partial charge in [-0.05, 0) is 30.4 Å². The van der Waals surface area contributed by atoms with E-state index in [-0.39, 0.29) is 17.1 Å². The third kappa shape index (κ3) is 1.93. The minimum Gasteiger partial charge on any atom is -0.497 e. The maximum absolute atomic E-state index is 13.2. The number of carbonyl (C=O) groups is 2. The summed E-state index contributed by atoms with van der Waals surface area (Å²) in [5.41, 5.74) is -0.819. The van der Waals surface area contributed by atoms with Gasteiger partial charge in [-0.1, -0.05) is 20.8 Å². The molecule has 2 fully saturated rings. The summed E-state index contributed by atoms with van der Waals surface area (Å²) in [7, 11) is 3.14. The lowest BCUT2D eigenvalue weighted by Gasteiger charge is -2.38. The third-order valence-electron chi connectivity index (χ3n) is 6.80. The van der Waals surface area contributed by atoms with Gasteiger partial charge in [-0.2, -0.15) is 0 Å². The van der Waals surface area contributed by atoms with Crippen LogP contribution in [0.4, 0.5) is 5.69 Å². The van der Waals surface area contributed by atoms with Gasteiger partial charge in [-0.25, -0.2) is 0 Å². The molecule has 0 aromatic heterocycles. The molecule has 1 amide bonds. The van der Waals surface area contributed by atoms with Crippen molar-refractivity contribution < 1.29 is 19.1 Å². The van der Waals surface area contributed by atoms with E-state index in [4.69, 9.17) is 9.47 Å². The Balaban J connectivity index is 1.93. The quantitative estimate of drug-likeness (QED) is 0.918. The number of nitrogens with one attached hydrogen (secondary N) is 1. The predicted octanol–water partition coefficient (Wildman–Crippen LogP) is 3.43. The molecule has 1 N–H and O–H groups in total. The fourth-order valence-corrected chi connectivity index (χ4v) is 4.50. The number of anilines is 1. The molecule has 0 heterocycles. The number of hydrogen-bond donors (Lipinski definition) is 1. The van der Waals surface area contributed by atoms with Gasteiger partial charge in [-0.3, -0.25) is 9.59 Å². The van der Waals surface area contributed by atoms with E-state index in [1.165, 1.54) is 0 Å². The molecule has 2 aliphatic carbocycles. The molecule has 5 nitrogen and oxygen atoms in total. The zero-order valence-electron chi connectivity index (χ0n) is 15.0. The van der Waals surface area contributed by atoms with Crippen LogP contribution in [0.15, 0.2) is 18.2 Å². The van der Waals surface area contributed by atoms with Crippen molar-refractivity contribution in [2.24, 2.45) is 16.2 Å². The Bertz CT molecular complexity index is 711. The molecular weight excluding hydrogens is 306 g/mol. The molecule has 130 valence electrons. The van der Waals surface area contributed by atoms with Gasteiger partial charge in [0.05, 0.1) is 25.3 Å². The van der Waals surface area contributed by atoms with Gasteiger partial charge in [0, 0.05) is 17.9 Å². The molecule has 3 rings (SSSR count). The van der Waals surface area contributed by atoms with Gasteiger partial charge in [0.25, 0.3) is 0 Å². The first-order chi connectivity index (χ1) is 11.2. The highest BCUT2D eigenvalue weighted by Gasteiger charge is 2.72. The molecule has 1 aromatic carbocycles. The van der Waals surface area contributed by atoms with Crippen molar-refractivity contribution in [2.45, 2.75) is 40.0 Å². The van der Waals surface area contributed by atoms with Gasteiger partial charge in [-0.15, -0.1) is 0 Å². The Labute approximate surface area is 142 Å². The second-order valence-corrected chi connectivity index (χ2v) is 7.66. The SMILES string of the molecule is COc1ccc(NC(=O)C23CCC(C)(C(=O)C2)C3(C)C)c(OC)c1. The number of ketones is 1. The van der Waals surface area contributed by atoms with E-state index < -0.39 is 10.8 Å². The maximum Gasteiger partial charge on any atom is 0.231 e. The number of rotatable bonds is 4. The maximum atomic E-state index is 13.2. The van der Waals surface area contributed by atoms with E-state index in [2.05, 4.69) is 19.2 Å². The Morgan fingerprint density at radius 3 is 2.33 bits per heavy atom. The smallest absolute Gasteiger partial charge is 0.231 e. The van der Waals surface area contributed by atoms with E-state index in [1.54, 1.807) is 32.4 Å². The Kier molecular flexibility index (Phi) is 3.66. The monoisotopic (exact) mass is 331 g/mol. The standard InChI is InChI=1S/C19H25NO4/c1-17(2)18(3)8-9-19(17,11-15(18)21)16(22)20-13-7-6-12(23-4)10-14(13)24-5/h6-7,10H,8-9,11H2,1-5H3,(H,20,22). The lowest BCUT2D eigenvalue weighted by molar-refractivity contribution is -0.131. The largest absolute Gasteiger partial charge is 0.497 e. The Morgan fingerprint density at radius 2 is 1.83 bits per heavy atom. The topological polar surface area (TPSA) is 64.6 Å². The van der Waals surface area contributed by atoms with Crippen LogP contribution >= 0.6 is 0 Å². The van der Waals surface area contributed by atoms with Crippen LogP contribution in [0.1, 0.15) is 40.0 Å². The molecule has 2 atom stereocenters. The Morgan fingerprint density at radius 1 is 1.12 bits per heavy atom. The summed E-state index contributed by atoms with van der Waals surface area (Å²) >= 11 is 0. The molecule has 2 aliphatic rings. The number of amides is 1. The van der Waals surface area contributed by atoms with E-state index >= 15 is 0 Å².